The van der Waals surface area contributed by atoms with E-state index in [1.165, 1.54) is 12.8 Å². The van der Waals surface area contributed by atoms with Gasteiger partial charge in [-0.15, -0.1) is 0 Å². The van der Waals surface area contributed by atoms with Crippen LogP contribution in [0.4, 0.5) is 0 Å². The van der Waals surface area contributed by atoms with Crippen LogP contribution in [0.25, 0.3) is 0 Å². The number of carbonyl (C=O) groups is 1. The van der Waals surface area contributed by atoms with Crippen molar-refractivity contribution < 1.29 is 9.53 Å². The number of hydrogen-bond donors (Lipinski definition) is 1. The first-order chi connectivity index (χ1) is 9.49. The molecule has 0 bridgehead atoms. The van der Waals surface area contributed by atoms with Crippen LogP contribution < -0.4 is 5.73 Å². The van der Waals surface area contributed by atoms with Gasteiger partial charge in [0, 0.05) is 26.1 Å². The number of nitrogens with two attached hydrogens (primary N) is 1. The highest BCUT2D eigenvalue weighted by Crippen LogP contribution is 2.35. The minimum atomic E-state index is 0.248. The summed E-state index contributed by atoms with van der Waals surface area (Å²) in [5.74, 6) is 1.83. The maximum Gasteiger partial charge on any atom is 0.223 e. The lowest BCUT2D eigenvalue weighted by molar-refractivity contribution is -0.135. The summed E-state index contributed by atoms with van der Waals surface area (Å²) in [5.41, 5.74) is 5.82. The van der Waals surface area contributed by atoms with E-state index >= 15 is 0 Å². The van der Waals surface area contributed by atoms with Gasteiger partial charge in [0.2, 0.25) is 5.91 Å². The van der Waals surface area contributed by atoms with E-state index in [9.17, 15) is 4.79 Å². The van der Waals surface area contributed by atoms with Crippen LogP contribution >= 0.6 is 0 Å². The van der Waals surface area contributed by atoms with E-state index < -0.39 is 0 Å². The number of ether oxygens (including phenoxy) is 1. The molecule has 0 aromatic heterocycles. The van der Waals surface area contributed by atoms with Crippen molar-refractivity contribution >= 4 is 5.91 Å². The molecule has 20 heavy (non-hydrogen) atoms. The number of carbonyl (C=O) groups excluding carboxylic acids is 1. The molecule has 118 valence electrons. The van der Waals surface area contributed by atoms with Crippen molar-refractivity contribution in [2.45, 2.75) is 52.5 Å². The van der Waals surface area contributed by atoms with Gasteiger partial charge in [0.25, 0.3) is 0 Å². The van der Waals surface area contributed by atoms with E-state index in [0.29, 0.717) is 49.9 Å². The second-order valence-electron chi connectivity index (χ2n) is 6.59. The number of amides is 1. The van der Waals surface area contributed by atoms with E-state index in [1.54, 1.807) is 7.11 Å². The Labute approximate surface area is 124 Å². The molecular formula is C16H32N2O2. The molecule has 2 N–H and O–H groups in total. The van der Waals surface area contributed by atoms with Gasteiger partial charge in [0.15, 0.2) is 0 Å². The lowest BCUT2D eigenvalue weighted by atomic mass is 9.93. The molecule has 1 aliphatic rings. The number of hydrogen-bond acceptors (Lipinski definition) is 3. The average molecular weight is 284 g/mol. The molecule has 0 spiro atoms. The molecule has 1 fully saturated rings. The second kappa shape index (κ2) is 8.63. The highest BCUT2D eigenvalue weighted by molar-refractivity contribution is 5.76. The Morgan fingerprint density at radius 2 is 2.00 bits per heavy atom. The summed E-state index contributed by atoms with van der Waals surface area (Å²) < 4.78 is 5.15. The van der Waals surface area contributed by atoms with E-state index in [-0.39, 0.29) is 5.91 Å². The van der Waals surface area contributed by atoms with Crippen LogP contribution in [0.1, 0.15) is 46.5 Å². The molecule has 1 amide bonds. The monoisotopic (exact) mass is 284 g/mol. The Hall–Kier alpha value is -0.610. The fraction of sp³-hybridized carbons (Fsp3) is 0.938. The van der Waals surface area contributed by atoms with Gasteiger partial charge in [-0.05, 0) is 50.5 Å². The number of rotatable bonds is 10. The fourth-order valence-electron chi connectivity index (χ4n) is 2.87. The molecule has 0 aromatic rings. The molecule has 1 aliphatic carbocycles. The van der Waals surface area contributed by atoms with Gasteiger partial charge in [-0.1, -0.05) is 13.8 Å². The van der Waals surface area contributed by atoms with E-state index in [0.717, 1.165) is 6.42 Å². The predicted octanol–water partition coefficient (Wildman–Crippen LogP) is 2.27. The van der Waals surface area contributed by atoms with Crippen LogP contribution in [-0.4, -0.2) is 43.7 Å². The highest BCUT2D eigenvalue weighted by atomic mass is 16.5. The zero-order valence-corrected chi connectivity index (χ0v) is 13.6. The van der Waals surface area contributed by atoms with E-state index in [4.69, 9.17) is 10.5 Å². The number of nitrogens with zero attached hydrogens (tertiary/aromatic N) is 1. The minimum Gasteiger partial charge on any atom is -0.383 e. The van der Waals surface area contributed by atoms with Crippen LogP contribution in [0.3, 0.4) is 0 Å². The molecule has 0 heterocycles. The molecule has 0 aromatic carbocycles. The third-order valence-electron chi connectivity index (χ3n) is 4.25. The molecule has 1 rings (SSSR count). The Bertz CT molecular complexity index is 290. The Morgan fingerprint density at radius 3 is 2.45 bits per heavy atom. The summed E-state index contributed by atoms with van der Waals surface area (Å²) in [4.78, 5) is 14.6. The van der Waals surface area contributed by atoms with E-state index in [2.05, 4.69) is 20.8 Å². The van der Waals surface area contributed by atoms with Gasteiger partial charge in [0.1, 0.15) is 0 Å². The lowest BCUT2D eigenvalue weighted by Crippen LogP contribution is -2.43. The zero-order chi connectivity index (χ0) is 15.1. The van der Waals surface area contributed by atoms with Crippen molar-refractivity contribution in [1.29, 1.82) is 0 Å². The molecule has 2 atom stereocenters. The quantitative estimate of drug-likeness (QED) is 0.669. The molecule has 1 saturated carbocycles. The first-order valence-corrected chi connectivity index (χ1v) is 7.98. The summed E-state index contributed by atoms with van der Waals surface area (Å²) >= 11 is 0. The topological polar surface area (TPSA) is 55.6 Å². The van der Waals surface area contributed by atoms with Crippen molar-refractivity contribution in [3.63, 3.8) is 0 Å². The van der Waals surface area contributed by atoms with Crippen LogP contribution in [-0.2, 0) is 9.53 Å². The van der Waals surface area contributed by atoms with Crippen molar-refractivity contribution in [3.05, 3.63) is 0 Å². The van der Waals surface area contributed by atoms with Crippen molar-refractivity contribution in [3.8, 4) is 0 Å². The van der Waals surface area contributed by atoms with Crippen LogP contribution in [0.15, 0.2) is 0 Å². The molecule has 4 heteroatoms. The third kappa shape index (κ3) is 5.80. The van der Waals surface area contributed by atoms with Gasteiger partial charge < -0.3 is 15.4 Å². The molecule has 2 unspecified atom stereocenters. The smallest absolute Gasteiger partial charge is 0.223 e. The summed E-state index contributed by atoms with van der Waals surface area (Å²) in [7, 11) is 1.69. The van der Waals surface area contributed by atoms with Crippen LogP contribution in [0, 0.1) is 17.8 Å². The average Bonchev–Trinajstić information content (AvgIpc) is 3.21. The molecule has 4 nitrogen and oxygen atoms in total. The van der Waals surface area contributed by atoms with Crippen LogP contribution in [0.5, 0.6) is 0 Å². The summed E-state index contributed by atoms with van der Waals surface area (Å²) in [6.07, 6.45) is 4.11. The normalized spacial score (nSPS) is 18.1. The standard InChI is InChI=1S/C16H32N2O2/c1-12(2)9-14(11-17)10-16(19)18(7-8-20-4)13(3)15-5-6-15/h12-15H,5-11,17H2,1-4H3. The van der Waals surface area contributed by atoms with Crippen molar-refractivity contribution in [1.82, 2.24) is 4.90 Å². The van der Waals surface area contributed by atoms with Gasteiger partial charge in [0.05, 0.1) is 6.61 Å². The van der Waals surface area contributed by atoms with Gasteiger partial charge in [-0.2, -0.15) is 0 Å². The largest absolute Gasteiger partial charge is 0.383 e. The SMILES string of the molecule is COCCN(C(=O)CC(CN)CC(C)C)C(C)C1CC1. The Morgan fingerprint density at radius 1 is 1.35 bits per heavy atom. The number of methoxy groups -OCH3 is 1. The minimum absolute atomic E-state index is 0.248. The lowest BCUT2D eigenvalue weighted by Gasteiger charge is -2.31. The summed E-state index contributed by atoms with van der Waals surface area (Å²) in [5, 5.41) is 0. The fourth-order valence-corrected chi connectivity index (χ4v) is 2.87. The molecular weight excluding hydrogens is 252 g/mol. The first-order valence-electron chi connectivity index (χ1n) is 7.98. The Balaban J connectivity index is 2.56. The van der Waals surface area contributed by atoms with Gasteiger partial charge in [-0.25, -0.2) is 0 Å². The summed E-state index contributed by atoms with van der Waals surface area (Å²) in [6, 6.07) is 0.343. The highest BCUT2D eigenvalue weighted by Gasteiger charge is 2.34. The predicted molar refractivity (Wildman–Crippen MR) is 82.4 cm³/mol. The molecule has 0 saturated heterocycles. The first kappa shape index (κ1) is 17.4. The third-order valence-corrected chi connectivity index (χ3v) is 4.25. The van der Waals surface area contributed by atoms with Gasteiger partial charge in [-0.3, -0.25) is 4.79 Å². The summed E-state index contributed by atoms with van der Waals surface area (Å²) in [6.45, 7) is 8.45. The maximum atomic E-state index is 12.6. The van der Waals surface area contributed by atoms with Crippen molar-refractivity contribution in [2.24, 2.45) is 23.5 Å². The van der Waals surface area contributed by atoms with Gasteiger partial charge >= 0.3 is 0 Å². The maximum absolute atomic E-state index is 12.6. The zero-order valence-electron chi connectivity index (χ0n) is 13.6. The van der Waals surface area contributed by atoms with Crippen molar-refractivity contribution in [2.75, 3.05) is 26.8 Å². The molecule has 0 radical (unpaired) electrons. The molecule has 0 aliphatic heterocycles. The van der Waals surface area contributed by atoms with E-state index in [1.807, 2.05) is 4.90 Å². The Kier molecular flexibility index (Phi) is 7.52. The second-order valence-corrected chi connectivity index (χ2v) is 6.59. The van der Waals surface area contributed by atoms with Crippen LogP contribution in [0.2, 0.25) is 0 Å².